The smallest absolute Gasteiger partial charge is 0.206 e. The van der Waals surface area contributed by atoms with E-state index >= 15 is 0 Å². The van der Waals surface area contributed by atoms with Gasteiger partial charge in [-0.1, -0.05) is 28.1 Å². The zero-order valence-corrected chi connectivity index (χ0v) is 11.2. The van der Waals surface area contributed by atoms with Gasteiger partial charge in [-0.25, -0.2) is 8.42 Å². The van der Waals surface area contributed by atoms with Gasteiger partial charge in [-0.15, -0.1) is 0 Å². The zero-order chi connectivity index (χ0) is 12.5. The zero-order valence-electron chi connectivity index (χ0n) is 8.80. The maximum absolute atomic E-state index is 12.3. The molecule has 0 heterocycles. The van der Waals surface area contributed by atoms with Gasteiger partial charge in [-0.2, -0.15) is 0 Å². The van der Waals surface area contributed by atoms with Crippen molar-refractivity contribution in [3.05, 3.63) is 53.0 Å². The Balaban J connectivity index is 2.58. The number of hydrogen-bond donors (Lipinski definition) is 1. The number of hydrogen-bond acceptors (Lipinski definition) is 3. The third-order valence-electron chi connectivity index (χ3n) is 2.27. The van der Waals surface area contributed by atoms with Crippen LogP contribution in [-0.4, -0.2) is 8.42 Å². The fraction of sp³-hybridized carbons (Fsp3) is 0. The number of rotatable bonds is 2. The molecule has 0 aromatic heterocycles. The third-order valence-corrected chi connectivity index (χ3v) is 4.52. The molecule has 0 bridgehead atoms. The molecule has 0 saturated heterocycles. The van der Waals surface area contributed by atoms with E-state index in [4.69, 9.17) is 5.73 Å². The minimum atomic E-state index is -3.49. The molecule has 0 atom stereocenters. The van der Waals surface area contributed by atoms with Crippen molar-refractivity contribution in [3.63, 3.8) is 0 Å². The van der Waals surface area contributed by atoms with E-state index in [2.05, 4.69) is 15.9 Å². The van der Waals surface area contributed by atoms with Gasteiger partial charge >= 0.3 is 0 Å². The molecule has 0 unspecified atom stereocenters. The van der Waals surface area contributed by atoms with E-state index in [1.165, 1.54) is 12.1 Å². The Hall–Kier alpha value is -1.33. The number of halogens is 1. The number of nitrogen functional groups attached to an aromatic ring is 1. The predicted molar refractivity (Wildman–Crippen MR) is 70.4 cm³/mol. The Morgan fingerprint density at radius 2 is 1.53 bits per heavy atom. The van der Waals surface area contributed by atoms with E-state index in [1.54, 1.807) is 36.4 Å². The number of nitrogens with two attached hydrogens (primary N) is 1. The minimum absolute atomic E-state index is 0.204. The molecule has 0 saturated carbocycles. The van der Waals surface area contributed by atoms with Crippen LogP contribution in [0.15, 0.2) is 62.8 Å². The van der Waals surface area contributed by atoms with Crippen LogP contribution in [0.25, 0.3) is 0 Å². The highest BCUT2D eigenvalue weighted by atomic mass is 79.9. The Bertz CT molecular complexity index is 602. The van der Waals surface area contributed by atoms with Crippen molar-refractivity contribution in [2.24, 2.45) is 0 Å². The van der Waals surface area contributed by atoms with Crippen molar-refractivity contribution < 1.29 is 8.42 Å². The number of benzene rings is 2. The van der Waals surface area contributed by atoms with Crippen LogP contribution in [-0.2, 0) is 9.84 Å². The van der Waals surface area contributed by atoms with Crippen LogP contribution in [0.5, 0.6) is 0 Å². The summed E-state index contributed by atoms with van der Waals surface area (Å²) in [5, 5.41) is 0. The summed E-state index contributed by atoms with van der Waals surface area (Å²) in [6.07, 6.45) is 0. The lowest BCUT2D eigenvalue weighted by molar-refractivity contribution is 0.596. The molecule has 0 aliphatic carbocycles. The summed E-state index contributed by atoms with van der Waals surface area (Å²) in [5.41, 5.74) is 6.02. The molecule has 0 spiro atoms. The highest BCUT2D eigenvalue weighted by molar-refractivity contribution is 9.10. The van der Waals surface area contributed by atoms with E-state index in [-0.39, 0.29) is 9.79 Å². The standard InChI is InChI=1S/C12H10BrNO2S/c13-9-3-1-5-11(7-9)17(15,16)12-6-2-4-10(14)8-12/h1-8H,14H2. The van der Waals surface area contributed by atoms with Crippen LogP contribution in [0, 0.1) is 0 Å². The van der Waals surface area contributed by atoms with Gasteiger partial charge < -0.3 is 5.73 Å². The lowest BCUT2D eigenvalue weighted by Crippen LogP contribution is -2.02. The normalized spacial score (nSPS) is 11.4. The van der Waals surface area contributed by atoms with Gasteiger partial charge in [0.1, 0.15) is 0 Å². The molecule has 2 aromatic carbocycles. The van der Waals surface area contributed by atoms with Gasteiger partial charge in [-0.05, 0) is 36.4 Å². The fourth-order valence-electron chi connectivity index (χ4n) is 1.45. The molecule has 2 N–H and O–H groups in total. The molecule has 2 rings (SSSR count). The molecule has 0 fully saturated rings. The lowest BCUT2D eigenvalue weighted by atomic mass is 10.3. The first kappa shape index (κ1) is 12.1. The third kappa shape index (κ3) is 2.50. The highest BCUT2D eigenvalue weighted by Gasteiger charge is 2.17. The van der Waals surface area contributed by atoms with Crippen molar-refractivity contribution in [1.82, 2.24) is 0 Å². The largest absolute Gasteiger partial charge is 0.399 e. The van der Waals surface area contributed by atoms with E-state index in [0.29, 0.717) is 5.69 Å². The molecule has 17 heavy (non-hydrogen) atoms. The first-order valence-corrected chi connectivity index (χ1v) is 7.14. The quantitative estimate of drug-likeness (QED) is 0.868. The second-order valence-corrected chi connectivity index (χ2v) is 6.40. The summed E-state index contributed by atoms with van der Waals surface area (Å²) >= 11 is 3.25. The molecule has 0 aliphatic rings. The van der Waals surface area contributed by atoms with Gasteiger partial charge in [0.25, 0.3) is 0 Å². The Kier molecular flexibility index (Phi) is 3.22. The molecule has 0 aliphatic heterocycles. The second kappa shape index (κ2) is 4.50. The van der Waals surface area contributed by atoms with Gasteiger partial charge in [-0.3, -0.25) is 0 Å². The average molecular weight is 312 g/mol. The molecule has 3 nitrogen and oxygen atoms in total. The van der Waals surface area contributed by atoms with Crippen molar-refractivity contribution in [2.45, 2.75) is 9.79 Å². The number of sulfone groups is 1. The Labute approximate surface area is 108 Å². The summed E-state index contributed by atoms with van der Waals surface area (Å²) in [6, 6.07) is 12.9. The van der Waals surface area contributed by atoms with E-state index < -0.39 is 9.84 Å². The molecule has 88 valence electrons. The van der Waals surface area contributed by atoms with Crippen molar-refractivity contribution >= 4 is 31.5 Å². The monoisotopic (exact) mass is 311 g/mol. The van der Waals surface area contributed by atoms with Gasteiger partial charge in [0, 0.05) is 10.2 Å². The maximum Gasteiger partial charge on any atom is 0.206 e. The van der Waals surface area contributed by atoms with Crippen LogP contribution in [0.1, 0.15) is 0 Å². The SMILES string of the molecule is Nc1cccc(S(=O)(=O)c2cccc(Br)c2)c1. The van der Waals surface area contributed by atoms with E-state index in [0.717, 1.165) is 4.47 Å². The predicted octanol–water partition coefficient (Wildman–Crippen LogP) is 2.86. The van der Waals surface area contributed by atoms with Crippen LogP contribution in [0.4, 0.5) is 5.69 Å². The van der Waals surface area contributed by atoms with Crippen LogP contribution in [0.3, 0.4) is 0 Å². The van der Waals surface area contributed by atoms with Crippen molar-refractivity contribution in [2.75, 3.05) is 5.73 Å². The van der Waals surface area contributed by atoms with E-state index in [9.17, 15) is 8.42 Å². The lowest BCUT2D eigenvalue weighted by Gasteiger charge is -2.05. The minimum Gasteiger partial charge on any atom is -0.399 e. The molecule has 0 radical (unpaired) electrons. The molecule has 0 amide bonds. The Morgan fingerprint density at radius 1 is 0.941 bits per heavy atom. The molecular formula is C12H10BrNO2S. The van der Waals surface area contributed by atoms with Gasteiger partial charge in [0.2, 0.25) is 9.84 Å². The van der Waals surface area contributed by atoms with Crippen LogP contribution < -0.4 is 5.73 Å². The van der Waals surface area contributed by atoms with Crippen LogP contribution >= 0.6 is 15.9 Å². The van der Waals surface area contributed by atoms with Crippen molar-refractivity contribution in [3.8, 4) is 0 Å². The summed E-state index contributed by atoms with van der Waals surface area (Å²) in [6.45, 7) is 0. The highest BCUT2D eigenvalue weighted by Crippen LogP contribution is 2.24. The first-order valence-electron chi connectivity index (χ1n) is 4.86. The fourth-order valence-corrected chi connectivity index (χ4v) is 3.36. The summed E-state index contributed by atoms with van der Waals surface area (Å²) in [5.74, 6) is 0. The van der Waals surface area contributed by atoms with Crippen molar-refractivity contribution in [1.29, 1.82) is 0 Å². The van der Waals surface area contributed by atoms with Gasteiger partial charge in [0.15, 0.2) is 0 Å². The molecule has 2 aromatic rings. The van der Waals surface area contributed by atoms with E-state index in [1.807, 2.05) is 0 Å². The average Bonchev–Trinajstić information content (AvgIpc) is 2.29. The molecular weight excluding hydrogens is 302 g/mol. The second-order valence-electron chi connectivity index (χ2n) is 3.53. The topological polar surface area (TPSA) is 60.2 Å². The van der Waals surface area contributed by atoms with Gasteiger partial charge in [0.05, 0.1) is 9.79 Å². The van der Waals surface area contributed by atoms with Crippen LogP contribution in [0.2, 0.25) is 0 Å². The number of anilines is 1. The maximum atomic E-state index is 12.3. The summed E-state index contributed by atoms with van der Waals surface area (Å²) in [7, 11) is -3.49. The Morgan fingerprint density at radius 3 is 2.12 bits per heavy atom. The summed E-state index contributed by atoms with van der Waals surface area (Å²) in [4.78, 5) is 0.452. The first-order chi connectivity index (χ1) is 8.00. The summed E-state index contributed by atoms with van der Waals surface area (Å²) < 4.78 is 25.2. The molecule has 5 heteroatoms.